The predicted octanol–water partition coefficient (Wildman–Crippen LogP) is 3.89. The van der Waals surface area contributed by atoms with E-state index in [1.807, 2.05) is 12.1 Å². The van der Waals surface area contributed by atoms with E-state index in [1.165, 1.54) is 12.1 Å². The van der Waals surface area contributed by atoms with Crippen LogP contribution in [0.3, 0.4) is 0 Å². The second-order valence-electron chi connectivity index (χ2n) is 6.48. The van der Waals surface area contributed by atoms with E-state index in [0.717, 1.165) is 5.56 Å². The first-order valence-electron chi connectivity index (χ1n) is 8.83. The molecule has 0 saturated heterocycles. The van der Waals surface area contributed by atoms with Crippen molar-refractivity contribution in [2.45, 2.75) is 6.61 Å². The Hall–Kier alpha value is -3.94. The standard InChI is InChI=1S/C21H20N4O4/c1-24(2)20-9-8-17(25(27)28)12-19(20)21(26)23-16-6-3-7-18(11-16)29-14-15-5-4-10-22-13-15/h3-13H,14H2,1-2H3,(H,23,26). The van der Waals surface area contributed by atoms with Crippen molar-refractivity contribution < 1.29 is 14.5 Å². The molecule has 1 N–H and O–H groups in total. The van der Waals surface area contributed by atoms with E-state index in [0.29, 0.717) is 23.7 Å². The van der Waals surface area contributed by atoms with Crippen LogP contribution in [-0.4, -0.2) is 29.9 Å². The minimum atomic E-state index is -0.525. The predicted molar refractivity (Wildman–Crippen MR) is 110 cm³/mol. The largest absolute Gasteiger partial charge is 0.489 e. The minimum absolute atomic E-state index is 0.144. The van der Waals surface area contributed by atoms with Gasteiger partial charge in [0.2, 0.25) is 0 Å². The number of aromatic nitrogens is 1. The van der Waals surface area contributed by atoms with Gasteiger partial charge in [0, 0.05) is 61.6 Å². The van der Waals surface area contributed by atoms with Gasteiger partial charge in [-0.2, -0.15) is 0 Å². The third-order valence-electron chi connectivity index (χ3n) is 4.14. The highest BCUT2D eigenvalue weighted by Crippen LogP contribution is 2.26. The van der Waals surface area contributed by atoms with Gasteiger partial charge in [0.1, 0.15) is 12.4 Å². The van der Waals surface area contributed by atoms with Crippen LogP contribution in [0.25, 0.3) is 0 Å². The third-order valence-corrected chi connectivity index (χ3v) is 4.14. The maximum Gasteiger partial charge on any atom is 0.270 e. The normalized spacial score (nSPS) is 10.3. The Bertz CT molecular complexity index is 1020. The molecule has 0 unspecified atom stereocenters. The molecule has 1 amide bonds. The molecule has 0 saturated carbocycles. The van der Waals surface area contributed by atoms with E-state index in [2.05, 4.69) is 10.3 Å². The van der Waals surface area contributed by atoms with Gasteiger partial charge in [0.05, 0.1) is 10.5 Å². The van der Waals surface area contributed by atoms with Crippen LogP contribution in [0.1, 0.15) is 15.9 Å². The van der Waals surface area contributed by atoms with E-state index in [9.17, 15) is 14.9 Å². The van der Waals surface area contributed by atoms with Crippen LogP contribution in [0, 0.1) is 10.1 Å². The van der Waals surface area contributed by atoms with Crippen molar-refractivity contribution in [1.82, 2.24) is 4.98 Å². The number of pyridine rings is 1. The number of rotatable bonds is 7. The summed E-state index contributed by atoms with van der Waals surface area (Å²) in [6.07, 6.45) is 3.41. The lowest BCUT2D eigenvalue weighted by Gasteiger charge is -2.17. The molecular weight excluding hydrogens is 372 g/mol. The summed E-state index contributed by atoms with van der Waals surface area (Å²) < 4.78 is 5.74. The number of non-ortho nitro benzene ring substituents is 1. The molecule has 148 valence electrons. The van der Waals surface area contributed by atoms with Crippen LogP contribution in [0.15, 0.2) is 67.0 Å². The van der Waals surface area contributed by atoms with Crippen molar-refractivity contribution in [1.29, 1.82) is 0 Å². The molecule has 2 aromatic carbocycles. The Morgan fingerprint density at radius 1 is 1.17 bits per heavy atom. The first-order valence-corrected chi connectivity index (χ1v) is 8.83. The fraction of sp³-hybridized carbons (Fsp3) is 0.143. The number of amides is 1. The number of benzene rings is 2. The first-order chi connectivity index (χ1) is 13.9. The number of carbonyl (C=O) groups excluding carboxylic acids is 1. The van der Waals surface area contributed by atoms with E-state index in [4.69, 9.17) is 4.74 Å². The number of ether oxygens (including phenoxy) is 1. The van der Waals surface area contributed by atoms with Gasteiger partial charge >= 0.3 is 0 Å². The zero-order chi connectivity index (χ0) is 20.8. The summed E-state index contributed by atoms with van der Waals surface area (Å²) >= 11 is 0. The molecule has 0 aliphatic heterocycles. The number of anilines is 2. The van der Waals surface area contributed by atoms with Gasteiger partial charge in [0.25, 0.3) is 11.6 Å². The van der Waals surface area contributed by atoms with Crippen LogP contribution >= 0.6 is 0 Å². The highest BCUT2D eigenvalue weighted by Gasteiger charge is 2.18. The molecule has 0 spiro atoms. The van der Waals surface area contributed by atoms with Gasteiger partial charge in [-0.25, -0.2) is 0 Å². The van der Waals surface area contributed by atoms with Crippen molar-refractivity contribution in [3.63, 3.8) is 0 Å². The van der Waals surface area contributed by atoms with Crippen LogP contribution in [0.4, 0.5) is 17.1 Å². The molecule has 29 heavy (non-hydrogen) atoms. The summed E-state index contributed by atoms with van der Waals surface area (Å²) in [4.78, 5) is 29.1. The summed E-state index contributed by atoms with van der Waals surface area (Å²) in [5.74, 6) is 0.139. The molecular formula is C21H20N4O4. The quantitative estimate of drug-likeness (QED) is 0.484. The van der Waals surface area contributed by atoms with Gasteiger partial charge in [-0.05, 0) is 24.3 Å². The highest BCUT2D eigenvalue weighted by atomic mass is 16.6. The topological polar surface area (TPSA) is 97.6 Å². The Balaban J connectivity index is 1.77. The van der Waals surface area contributed by atoms with E-state index in [1.54, 1.807) is 61.7 Å². The number of nitro benzene ring substituents is 1. The third kappa shape index (κ3) is 5.07. The van der Waals surface area contributed by atoms with Crippen LogP contribution in [0.5, 0.6) is 5.75 Å². The number of nitro groups is 1. The van der Waals surface area contributed by atoms with Crippen molar-refractivity contribution in [2.24, 2.45) is 0 Å². The van der Waals surface area contributed by atoms with Crippen molar-refractivity contribution in [3.05, 3.63) is 88.2 Å². The van der Waals surface area contributed by atoms with Gasteiger partial charge in [0.15, 0.2) is 0 Å². The zero-order valence-electron chi connectivity index (χ0n) is 16.0. The molecule has 0 atom stereocenters. The molecule has 3 aromatic rings. The van der Waals surface area contributed by atoms with Gasteiger partial charge < -0.3 is 15.0 Å². The molecule has 1 heterocycles. The lowest BCUT2D eigenvalue weighted by molar-refractivity contribution is -0.384. The van der Waals surface area contributed by atoms with E-state index >= 15 is 0 Å². The fourth-order valence-corrected chi connectivity index (χ4v) is 2.72. The second kappa shape index (κ2) is 8.83. The Morgan fingerprint density at radius 2 is 2.00 bits per heavy atom. The molecule has 0 fully saturated rings. The number of carbonyl (C=O) groups is 1. The SMILES string of the molecule is CN(C)c1ccc([N+](=O)[O-])cc1C(=O)Nc1cccc(OCc2cccnc2)c1. The highest BCUT2D eigenvalue weighted by molar-refractivity contribution is 6.08. The van der Waals surface area contributed by atoms with Gasteiger partial charge in [-0.1, -0.05) is 12.1 Å². The first kappa shape index (κ1) is 19.8. The second-order valence-corrected chi connectivity index (χ2v) is 6.48. The molecule has 8 heteroatoms. The van der Waals surface area contributed by atoms with Crippen LogP contribution in [-0.2, 0) is 6.61 Å². The summed E-state index contributed by atoms with van der Waals surface area (Å²) in [6, 6.07) is 14.9. The molecule has 0 radical (unpaired) electrons. The van der Waals surface area contributed by atoms with E-state index < -0.39 is 10.8 Å². The molecule has 1 aromatic heterocycles. The number of nitrogens with zero attached hydrogens (tertiary/aromatic N) is 3. The number of hydrogen-bond donors (Lipinski definition) is 1. The van der Waals surface area contributed by atoms with Crippen LogP contribution in [0.2, 0.25) is 0 Å². The summed E-state index contributed by atoms with van der Waals surface area (Å²) in [5.41, 5.74) is 2.10. The van der Waals surface area contributed by atoms with Crippen LogP contribution < -0.4 is 15.0 Å². The lowest BCUT2D eigenvalue weighted by Crippen LogP contribution is -2.18. The average molecular weight is 392 g/mol. The number of hydrogen-bond acceptors (Lipinski definition) is 6. The maximum absolute atomic E-state index is 12.8. The van der Waals surface area contributed by atoms with Crippen molar-refractivity contribution in [3.8, 4) is 5.75 Å². The monoisotopic (exact) mass is 392 g/mol. The minimum Gasteiger partial charge on any atom is -0.489 e. The van der Waals surface area contributed by atoms with Gasteiger partial charge in [-0.15, -0.1) is 0 Å². The Labute approximate surface area is 167 Å². The summed E-state index contributed by atoms with van der Waals surface area (Å²) in [7, 11) is 3.54. The Morgan fingerprint density at radius 3 is 2.69 bits per heavy atom. The molecule has 0 bridgehead atoms. The smallest absolute Gasteiger partial charge is 0.270 e. The maximum atomic E-state index is 12.8. The zero-order valence-corrected chi connectivity index (χ0v) is 16.0. The fourth-order valence-electron chi connectivity index (χ4n) is 2.72. The molecule has 0 aliphatic rings. The van der Waals surface area contributed by atoms with Crippen molar-refractivity contribution in [2.75, 3.05) is 24.3 Å². The lowest BCUT2D eigenvalue weighted by atomic mass is 10.1. The van der Waals surface area contributed by atoms with Crippen molar-refractivity contribution >= 4 is 23.0 Å². The summed E-state index contributed by atoms with van der Waals surface area (Å²) in [5, 5.41) is 13.9. The van der Waals surface area contributed by atoms with E-state index in [-0.39, 0.29) is 11.3 Å². The van der Waals surface area contributed by atoms with Gasteiger partial charge in [-0.3, -0.25) is 19.9 Å². The Kier molecular flexibility index (Phi) is 6.03. The number of nitrogens with one attached hydrogen (secondary N) is 1. The summed E-state index contributed by atoms with van der Waals surface area (Å²) in [6.45, 7) is 0.348. The molecule has 8 nitrogen and oxygen atoms in total. The molecule has 0 aliphatic carbocycles. The average Bonchev–Trinajstić information content (AvgIpc) is 2.72. The molecule has 3 rings (SSSR count).